The van der Waals surface area contributed by atoms with Gasteiger partial charge in [0.25, 0.3) is 10.0 Å². The van der Waals surface area contributed by atoms with E-state index in [1.54, 1.807) is 54.6 Å². The predicted molar refractivity (Wildman–Crippen MR) is 161 cm³/mol. The molecule has 0 aromatic heterocycles. The van der Waals surface area contributed by atoms with Crippen molar-refractivity contribution < 1.29 is 18.0 Å². The molecule has 7 nitrogen and oxygen atoms in total. The number of aryl methyl sites for hydroxylation is 2. The van der Waals surface area contributed by atoms with Gasteiger partial charge in [0.05, 0.1) is 10.6 Å². The number of anilines is 1. The van der Waals surface area contributed by atoms with Crippen LogP contribution in [-0.4, -0.2) is 43.8 Å². The summed E-state index contributed by atoms with van der Waals surface area (Å²) >= 11 is 6.08. The van der Waals surface area contributed by atoms with E-state index in [4.69, 9.17) is 11.6 Å². The van der Waals surface area contributed by atoms with Crippen LogP contribution >= 0.6 is 11.6 Å². The van der Waals surface area contributed by atoms with Gasteiger partial charge >= 0.3 is 0 Å². The summed E-state index contributed by atoms with van der Waals surface area (Å²) in [6.07, 6.45) is 1.10. The van der Waals surface area contributed by atoms with E-state index in [0.717, 1.165) is 27.4 Å². The average Bonchev–Trinajstić information content (AvgIpc) is 2.94. The van der Waals surface area contributed by atoms with Gasteiger partial charge in [-0.25, -0.2) is 8.42 Å². The number of halogens is 1. The highest BCUT2D eigenvalue weighted by molar-refractivity contribution is 7.92. The van der Waals surface area contributed by atoms with Crippen LogP contribution in [0, 0.1) is 13.8 Å². The fourth-order valence-electron chi connectivity index (χ4n) is 4.28. The summed E-state index contributed by atoms with van der Waals surface area (Å²) in [5.41, 5.74) is 3.06. The fraction of sp³-hybridized carbons (Fsp3) is 0.355. The summed E-state index contributed by atoms with van der Waals surface area (Å²) in [5.74, 6) is -0.762. The van der Waals surface area contributed by atoms with Crippen molar-refractivity contribution in [1.29, 1.82) is 0 Å². The van der Waals surface area contributed by atoms with Gasteiger partial charge in [0.15, 0.2) is 0 Å². The highest BCUT2D eigenvalue weighted by atomic mass is 35.5. The molecule has 0 saturated carbocycles. The molecule has 40 heavy (non-hydrogen) atoms. The first-order chi connectivity index (χ1) is 19.0. The largest absolute Gasteiger partial charge is 0.352 e. The molecule has 9 heteroatoms. The Balaban J connectivity index is 2.06. The molecule has 0 fully saturated rings. The number of sulfonamides is 1. The van der Waals surface area contributed by atoms with E-state index in [1.165, 1.54) is 17.0 Å². The molecule has 0 spiro atoms. The summed E-state index contributed by atoms with van der Waals surface area (Å²) in [6.45, 7) is 9.20. The number of benzene rings is 3. The maximum absolute atomic E-state index is 14.1. The maximum Gasteiger partial charge on any atom is 0.264 e. The van der Waals surface area contributed by atoms with Crippen molar-refractivity contribution in [2.45, 2.75) is 71.0 Å². The summed E-state index contributed by atoms with van der Waals surface area (Å²) < 4.78 is 28.9. The minimum absolute atomic E-state index is 0.0699. The molecule has 0 heterocycles. The molecular formula is C31H38ClN3O4S. The number of hydrogen-bond acceptors (Lipinski definition) is 4. The lowest BCUT2D eigenvalue weighted by Crippen LogP contribution is -2.53. The van der Waals surface area contributed by atoms with E-state index >= 15 is 0 Å². The van der Waals surface area contributed by atoms with E-state index in [2.05, 4.69) is 5.32 Å². The lowest BCUT2D eigenvalue weighted by Gasteiger charge is -2.34. The fourth-order valence-corrected chi connectivity index (χ4v) is 5.83. The molecule has 3 aromatic rings. The van der Waals surface area contributed by atoms with Crippen LogP contribution in [0.5, 0.6) is 0 Å². The lowest BCUT2D eigenvalue weighted by atomic mass is 10.1. The van der Waals surface area contributed by atoms with Crippen molar-refractivity contribution >= 4 is 39.1 Å². The van der Waals surface area contributed by atoms with Gasteiger partial charge < -0.3 is 10.2 Å². The molecule has 0 saturated heterocycles. The molecule has 0 aliphatic rings. The second-order valence-electron chi connectivity index (χ2n) is 9.98. The normalized spacial score (nSPS) is 12.8. The Morgan fingerprint density at radius 2 is 1.55 bits per heavy atom. The molecule has 2 unspecified atom stereocenters. The van der Waals surface area contributed by atoms with Crippen molar-refractivity contribution in [1.82, 2.24) is 10.2 Å². The summed E-state index contributed by atoms with van der Waals surface area (Å²) in [5, 5.41) is 3.53. The van der Waals surface area contributed by atoms with Crippen LogP contribution in [0.15, 0.2) is 77.7 Å². The molecule has 3 rings (SSSR count). The Kier molecular flexibility index (Phi) is 10.8. The molecule has 3 aromatic carbocycles. The Bertz CT molecular complexity index is 1410. The molecular weight excluding hydrogens is 546 g/mol. The van der Waals surface area contributed by atoms with Gasteiger partial charge in [0, 0.05) is 17.6 Å². The van der Waals surface area contributed by atoms with E-state index < -0.39 is 28.5 Å². The zero-order valence-corrected chi connectivity index (χ0v) is 25.3. The van der Waals surface area contributed by atoms with E-state index in [1.807, 2.05) is 40.7 Å². The summed E-state index contributed by atoms with van der Waals surface area (Å²) in [4.78, 5) is 29.0. The van der Waals surface area contributed by atoms with Gasteiger partial charge in [0.2, 0.25) is 11.8 Å². The second kappa shape index (κ2) is 13.8. The number of nitrogens with one attached hydrogen (secondary N) is 1. The van der Waals surface area contributed by atoms with Gasteiger partial charge in [-0.1, -0.05) is 61.8 Å². The van der Waals surface area contributed by atoms with Crippen LogP contribution < -0.4 is 9.62 Å². The number of rotatable bonds is 12. The van der Waals surface area contributed by atoms with Gasteiger partial charge in [0.1, 0.15) is 12.6 Å². The van der Waals surface area contributed by atoms with Crippen LogP contribution in [-0.2, 0) is 26.2 Å². The monoisotopic (exact) mass is 583 g/mol. The maximum atomic E-state index is 14.1. The number of hydrogen-bond donors (Lipinski definition) is 1. The summed E-state index contributed by atoms with van der Waals surface area (Å²) in [6, 6.07) is 19.5. The van der Waals surface area contributed by atoms with Gasteiger partial charge in [-0.2, -0.15) is 0 Å². The second-order valence-corrected chi connectivity index (χ2v) is 12.3. The third kappa shape index (κ3) is 7.64. The van der Waals surface area contributed by atoms with Crippen LogP contribution in [0.4, 0.5) is 5.69 Å². The molecule has 2 amide bonds. The topological polar surface area (TPSA) is 86.8 Å². The average molecular weight is 584 g/mol. The van der Waals surface area contributed by atoms with Crippen LogP contribution in [0.1, 0.15) is 50.3 Å². The van der Waals surface area contributed by atoms with E-state index in [9.17, 15) is 18.0 Å². The number of carbonyl (C=O) groups is 2. The first kappa shape index (κ1) is 31.2. The smallest absolute Gasteiger partial charge is 0.264 e. The van der Waals surface area contributed by atoms with Gasteiger partial charge in [-0.05, 0) is 86.7 Å². The third-order valence-corrected chi connectivity index (χ3v) is 9.08. The van der Waals surface area contributed by atoms with Crippen molar-refractivity contribution in [3.8, 4) is 0 Å². The van der Waals surface area contributed by atoms with Crippen LogP contribution in [0.3, 0.4) is 0 Å². The predicted octanol–water partition coefficient (Wildman–Crippen LogP) is 5.87. The summed E-state index contributed by atoms with van der Waals surface area (Å²) in [7, 11) is -4.10. The molecule has 1 N–H and O–H groups in total. The van der Waals surface area contributed by atoms with E-state index in [0.29, 0.717) is 17.1 Å². The van der Waals surface area contributed by atoms with Crippen LogP contribution in [0.25, 0.3) is 0 Å². The van der Waals surface area contributed by atoms with Gasteiger partial charge in [-0.15, -0.1) is 0 Å². The van der Waals surface area contributed by atoms with Crippen molar-refractivity contribution in [3.05, 3.63) is 94.5 Å². The number of carbonyl (C=O) groups excluding carboxylic acids is 2. The molecule has 0 bridgehead atoms. The number of amides is 2. The van der Waals surface area contributed by atoms with Crippen LogP contribution in [0.2, 0.25) is 5.02 Å². The van der Waals surface area contributed by atoms with E-state index in [-0.39, 0.29) is 23.4 Å². The molecule has 214 valence electrons. The first-order valence-electron chi connectivity index (χ1n) is 13.5. The SMILES string of the molecule is CCC(C)NC(=O)C(CC)N(Cc1ccc(Cl)cc1)C(=O)CN(c1ccc(C)c(C)c1)S(=O)(=O)c1ccccc1. The highest BCUT2D eigenvalue weighted by Crippen LogP contribution is 2.27. The Labute approximate surface area is 243 Å². The Morgan fingerprint density at radius 1 is 0.900 bits per heavy atom. The lowest BCUT2D eigenvalue weighted by molar-refractivity contribution is -0.140. The van der Waals surface area contributed by atoms with Crippen molar-refractivity contribution in [2.75, 3.05) is 10.8 Å². The molecule has 0 radical (unpaired) electrons. The molecule has 0 aliphatic carbocycles. The van der Waals surface area contributed by atoms with Crippen molar-refractivity contribution in [2.24, 2.45) is 0 Å². The molecule has 2 atom stereocenters. The standard InChI is InChI=1S/C31H38ClN3O4S/c1-6-24(5)33-31(37)29(7-2)34(20-25-14-16-26(32)17-15-25)30(36)21-35(27-18-13-22(3)23(4)19-27)40(38,39)28-11-9-8-10-12-28/h8-19,24,29H,6-7,20-21H2,1-5H3,(H,33,37). The zero-order chi connectivity index (χ0) is 29.4. The minimum Gasteiger partial charge on any atom is -0.352 e. The zero-order valence-electron chi connectivity index (χ0n) is 23.7. The molecule has 0 aliphatic heterocycles. The first-order valence-corrected chi connectivity index (χ1v) is 15.3. The van der Waals surface area contributed by atoms with Crippen molar-refractivity contribution in [3.63, 3.8) is 0 Å². The Hall–Kier alpha value is -3.36. The number of nitrogens with zero attached hydrogens (tertiary/aromatic N) is 2. The highest BCUT2D eigenvalue weighted by Gasteiger charge is 2.34. The quantitative estimate of drug-likeness (QED) is 0.289. The Morgan fingerprint density at radius 3 is 2.12 bits per heavy atom. The third-order valence-electron chi connectivity index (χ3n) is 7.04. The minimum atomic E-state index is -4.10. The van der Waals surface area contributed by atoms with Gasteiger partial charge in [-0.3, -0.25) is 13.9 Å².